The molecule has 1 aromatic heterocycles. The van der Waals surface area contributed by atoms with Gasteiger partial charge in [-0.1, -0.05) is 78.1 Å². The van der Waals surface area contributed by atoms with Crippen molar-refractivity contribution in [1.82, 2.24) is 9.78 Å². The molecule has 0 N–H and O–H groups in total. The van der Waals surface area contributed by atoms with Crippen molar-refractivity contribution in [2.45, 2.75) is 96.8 Å². The maximum absolute atomic E-state index is 4.37. The summed E-state index contributed by atoms with van der Waals surface area (Å²) in [5.41, 5.74) is 1.45. The molecule has 0 aliphatic carbocycles. The van der Waals surface area contributed by atoms with E-state index in [1.54, 1.807) is 0 Å². The van der Waals surface area contributed by atoms with E-state index in [2.05, 4.69) is 36.7 Å². The lowest BCUT2D eigenvalue weighted by atomic mass is 9.91. The molecule has 0 aliphatic heterocycles. The molecule has 0 aliphatic rings. The van der Waals surface area contributed by atoms with Crippen molar-refractivity contribution in [3.8, 4) is 0 Å². The van der Waals surface area contributed by atoms with Gasteiger partial charge in [-0.3, -0.25) is 4.68 Å². The molecule has 0 radical (unpaired) electrons. The summed E-state index contributed by atoms with van der Waals surface area (Å²) in [7, 11) is 2.09. The summed E-state index contributed by atoms with van der Waals surface area (Å²) in [5, 5.41) is 4.37. The Labute approximate surface area is 132 Å². The fourth-order valence-electron chi connectivity index (χ4n) is 3.21. The Morgan fingerprint density at radius 1 is 0.857 bits per heavy atom. The van der Waals surface area contributed by atoms with E-state index < -0.39 is 0 Å². The third kappa shape index (κ3) is 7.68. The Bertz CT molecular complexity index is 329. The first-order valence-electron chi connectivity index (χ1n) is 9.27. The first kappa shape index (κ1) is 18.3. The smallest absolute Gasteiger partial charge is 0.0492 e. The normalized spacial score (nSPS) is 11.4. The van der Waals surface area contributed by atoms with Crippen LogP contribution in [0, 0.1) is 0 Å². The zero-order valence-corrected chi connectivity index (χ0v) is 14.6. The number of unbranched alkanes of at least 4 members (excludes halogenated alkanes) is 8. The standard InChI is InChI=1S/C19H36N2/c1-4-6-8-10-12-14-18(15-13-11-9-7-5-2)19-16-17-20-21(19)3/h16-18H,4-15H2,1-3H3. The summed E-state index contributed by atoms with van der Waals surface area (Å²) in [5.74, 6) is 0.723. The molecule has 1 heterocycles. The number of nitrogens with zero attached hydrogens (tertiary/aromatic N) is 2. The highest BCUT2D eigenvalue weighted by Gasteiger charge is 2.14. The zero-order chi connectivity index (χ0) is 15.3. The molecular weight excluding hydrogens is 256 g/mol. The van der Waals surface area contributed by atoms with Gasteiger partial charge in [0.1, 0.15) is 0 Å². The van der Waals surface area contributed by atoms with Crippen LogP contribution in [-0.4, -0.2) is 9.78 Å². The number of hydrogen-bond acceptors (Lipinski definition) is 1. The summed E-state index contributed by atoms with van der Waals surface area (Å²) in [4.78, 5) is 0. The van der Waals surface area contributed by atoms with Gasteiger partial charge in [-0.15, -0.1) is 0 Å². The minimum atomic E-state index is 0.723. The van der Waals surface area contributed by atoms with Gasteiger partial charge in [0.05, 0.1) is 0 Å². The van der Waals surface area contributed by atoms with E-state index in [0.717, 1.165) is 5.92 Å². The van der Waals surface area contributed by atoms with Crippen molar-refractivity contribution >= 4 is 0 Å². The predicted octanol–water partition coefficient (Wildman–Crippen LogP) is 6.22. The zero-order valence-electron chi connectivity index (χ0n) is 14.6. The minimum absolute atomic E-state index is 0.723. The van der Waals surface area contributed by atoms with E-state index in [1.807, 2.05) is 6.20 Å². The monoisotopic (exact) mass is 292 g/mol. The Balaban J connectivity index is 2.34. The highest BCUT2D eigenvalue weighted by molar-refractivity contribution is 5.07. The van der Waals surface area contributed by atoms with E-state index in [0.29, 0.717) is 0 Å². The van der Waals surface area contributed by atoms with Crippen molar-refractivity contribution in [3.05, 3.63) is 18.0 Å². The van der Waals surface area contributed by atoms with Crippen LogP contribution in [0.5, 0.6) is 0 Å². The van der Waals surface area contributed by atoms with E-state index in [9.17, 15) is 0 Å². The van der Waals surface area contributed by atoms with Gasteiger partial charge in [-0.25, -0.2) is 0 Å². The lowest BCUT2D eigenvalue weighted by Crippen LogP contribution is -2.06. The van der Waals surface area contributed by atoms with Crippen LogP contribution in [0.3, 0.4) is 0 Å². The average molecular weight is 293 g/mol. The maximum atomic E-state index is 4.37. The highest BCUT2D eigenvalue weighted by atomic mass is 15.3. The quantitative estimate of drug-likeness (QED) is 0.394. The second kappa shape index (κ2) is 11.8. The molecule has 1 rings (SSSR count). The molecule has 0 amide bonds. The first-order chi connectivity index (χ1) is 10.3. The van der Waals surface area contributed by atoms with Gasteiger partial charge in [0, 0.05) is 24.9 Å². The fourth-order valence-corrected chi connectivity index (χ4v) is 3.21. The molecule has 0 bridgehead atoms. The molecule has 122 valence electrons. The SMILES string of the molecule is CCCCCCCC(CCCCCCC)c1ccnn1C. The second-order valence-electron chi connectivity index (χ2n) is 6.48. The third-order valence-electron chi connectivity index (χ3n) is 4.59. The van der Waals surface area contributed by atoms with Crippen molar-refractivity contribution in [3.63, 3.8) is 0 Å². The van der Waals surface area contributed by atoms with Crippen LogP contribution in [0.1, 0.15) is 103 Å². The number of hydrogen-bond donors (Lipinski definition) is 0. The molecule has 0 fully saturated rings. The van der Waals surface area contributed by atoms with Gasteiger partial charge in [-0.2, -0.15) is 5.10 Å². The molecule has 0 atom stereocenters. The Morgan fingerprint density at radius 2 is 1.38 bits per heavy atom. The first-order valence-corrected chi connectivity index (χ1v) is 9.27. The number of aryl methyl sites for hydroxylation is 1. The predicted molar refractivity (Wildman–Crippen MR) is 92.7 cm³/mol. The van der Waals surface area contributed by atoms with Crippen LogP contribution in [0.2, 0.25) is 0 Å². The Kier molecular flexibility index (Phi) is 10.3. The molecule has 0 saturated carbocycles. The topological polar surface area (TPSA) is 17.8 Å². The van der Waals surface area contributed by atoms with Crippen LogP contribution in [0.15, 0.2) is 12.3 Å². The van der Waals surface area contributed by atoms with Crippen LogP contribution in [0.4, 0.5) is 0 Å². The van der Waals surface area contributed by atoms with Gasteiger partial charge < -0.3 is 0 Å². The average Bonchev–Trinajstić information content (AvgIpc) is 2.91. The van der Waals surface area contributed by atoms with Gasteiger partial charge in [0.25, 0.3) is 0 Å². The molecule has 0 saturated heterocycles. The van der Waals surface area contributed by atoms with Crippen LogP contribution < -0.4 is 0 Å². The Morgan fingerprint density at radius 3 is 1.81 bits per heavy atom. The van der Waals surface area contributed by atoms with E-state index in [4.69, 9.17) is 0 Å². The molecule has 21 heavy (non-hydrogen) atoms. The van der Waals surface area contributed by atoms with Gasteiger partial charge in [-0.05, 0) is 18.9 Å². The van der Waals surface area contributed by atoms with Crippen LogP contribution >= 0.6 is 0 Å². The second-order valence-corrected chi connectivity index (χ2v) is 6.48. The van der Waals surface area contributed by atoms with Gasteiger partial charge in [0.15, 0.2) is 0 Å². The molecular formula is C19H36N2. The molecule has 0 spiro atoms. The molecule has 0 aromatic carbocycles. The van der Waals surface area contributed by atoms with Crippen molar-refractivity contribution in [2.24, 2.45) is 7.05 Å². The summed E-state index contributed by atoms with van der Waals surface area (Å²) in [6.45, 7) is 4.57. The van der Waals surface area contributed by atoms with E-state index in [1.165, 1.54) is 82.7 Å². The van der Waals surface area contributed by atoms with Gasteiger partial charge >= 0.3 is 0 Å². The summed E-state index contributed by atoms with van der Waals surface area (Å²) in [6, 6.07) is 2.22. The molecule has 1 aromatic rings. The maximum Gasteiger partial charge on any atom is 0.0492 e. The molecule has 2 nitrogen and oxygen atoms in total. The largest absolute Gasteiger partial charge is 0.272 e. The van der Waals surface area contributed by atoms with Crippen LogP contribution in [-0.2, 0) is 7.05 Å². The fraction of sp³-hybridized carbons (Fsp3) is 0.842. The van der Waals surface area contributed by atoms with Crippen molar-refractivity contribution in [1.29, 1.82) is 0 Å². The Hall–Kier alpha value is -0.790. The minimum Gasteiger partial charge on any atom is -0.272 e. The summed E-state index contributed by atoms with van der Waals surface area (Å²) >= 11 is 0. The van der Waals surface area contributed by atoms with E-state index in [-0.39, 0.29) is 0 Å². The summed E-state index contributed by atoms with van der Waals surface area (Å²) in [6.07, 6.45) is 18.5. The lowest BCUT2D eigenvalue weighted by Gasteiger charge is -2.17. The van der Waals surface area contributed by atoms with Crippen molar-refractivity contribution in [2.75, 3.05) is 0 Å². The summed E-state index contributed by atoms with van der Waals surface area (Å²) < 4.78 is 2.09. The third-order valence-corrected chi connectivity index (χ3v) is 4.59. The van der Waals surface area contributed by atoms with Crippen molar-refractivity contribution < 1.29 is 0 Å². The van der Waals surface area contributed by atoms with Crippen LogP contribution in [0.25, 0.3) is 0 Å². The van der Waals surface area contributed by atoms with Gasteiger partial charge in [0.2, 0.25) is 0 Å². The molecule has 0 unspecified atom stereocenters. The number of aromatic nitrogens is 2. The lowest BCUT2D eigenvalue weighted by molar-refractivity contribution is 0.468. The highest BCUT2D eigenvalue weighted by Crippen LogP contribution is 2.28. The number of rotatable bonds is 13. The molecule has 2 heteroatoms. The van der Waals surface area contributed by atoms with E-state index >= 15 is 0 Å².